The van der Waals surface area contributed by atoms with Gasteiger partial charge in [0.25, 0.3) is 11.8 Å². The molecule has 2 amide bonds. The third-order valence-corrected chi connectivity index (χ3v) is 3.68. The maximum absolute atomic E-state index is 12.0. The minimum Gasteiger partial charge on any atom is -0.459 e. The van der Waals surface area contributed by atoms with E-state index in [4.69, 9.17) is 9.15 Å². The molecule has 132 valence electrons. The summed E-state index contributed by atoms with van der Waals surface area (Å²) >= 11 is 3.30. The summed E-state index contributed by atoms with van der Waals surface area (Å²) in [5.41, 5.74) is 0.599. The number of halogens is 1. The van der Waals surface area contributed by atoms with Crippen LogP contribution in [0.1, 0.15) is 23.9 Å². The quantitative estimate of drug-likeness (QED) is 0.686. The molecule has 1 aromatic heterocycles. The lowest BCUT2D eigenvalue weighted by Crippen LogP contribution is -2.32. The lowest BCUT2D eigenvalue weighted by molar-refractivity contribution is -0.153. The Labute approximate surface area is 152 Å². The predicted octanol–water partition coefficient (Wildman–Crippen LogP) is 2.73. The van der Waals surface area contributed by atoms with Crippen molar-refractivity contribution in [3.63, 3.8) is 0 Å². The van der Waals surface area contributed by atoms with Crippen LogP contribution in [0.4, 0.5) is 5.69 Å². The summed E-state index contributed by atoms with van der Waals surface area (Å²) in [6, 6.07) is 10.1. The molecule has 0 radical (unpaired) electrons. The first kappa shape index (κ1) is 18.7. The number of hydrogen-bond donors (Lipinski definition) is 2. The van der Waals surface area contributed by atoms with E-state index in [0.717, 1.165) is 4.47 Å². The molecule has 0 saturated heterocycles. The number of anilines is 1. The molecule has 0 spiro atoms. The third-order valence-electron chi connectivity index (χ3n) is 3.15. The number of ether oxygens (including phenoxy) is 1. The molecular formula is C17H17BrN2O5. The highest BCUT2D eigenvalue weighted by Gasteiger charge is 2.18. The normalized spacial score (nSPS) is 11.4. The van der Waals surface area contributed by atoms with E-state index in [9.17, 15) is 14.4 Å². The molecular weight excluding hydrogens is 392 g/mol. The van der Waals surface area contributed by atoms with Crippen LogP contribution in [0.5, 0.6) is 0 Å². The summed E-state index contributed by atoms with van der Waals surface area (Å²) in [6.07, 6.45) is 0.383. The molecule has 8 heteroatoms. The molecule has 2 rings (SSSR count). The van der Waals surface area contributed by atoms with E-state index in [1.54, 1.807) is 30.3 Å². The van der Waals surface area contributed by atoms with Gasteiger partial charge >= 0.3 is 5.97 Å². The Bertz CT molecular complexity index is 728. The summed E-state index contributed by atoms with van der Waals surface area (Å²) in [6.45, 7) is 1.56. The number of furan rings is 1. The van der Waals surface area contributed by atoms with Gasteiger partial charge in [-0.15, -0.1) is 0 Å². The molecule has 1 atom stereocenters. The van der Waals surface area contributed by atoms with Crippen molar-refractivity contribution in [1.29, 1.82) is 0 Å². The van der Waals surface area contributed by atoms with E-state index in [-0.39, 0.29) is 18.7 Å². The second-order valence-corrected chi connectivity index (χ2v) is 6.03. The number of nitrogens with one attached hydrogen (secondary N) is 2. The molecule has 1 aromatic carbocycles. The molecule has 7 nitrogen and oxygen atoms in total. The zero-order valence-electron chi connectivity index (χ0n) is 13.5. The highest BCUT2D eigenvalue weighted by molar-refractivity contribution is 9.10. The van der Waals surface area contributed by atoms with Crippen LogP contribution in [0, 0.1) is 0 Å². The number of carbonyl (C=O) groups excluding carboxylic acids is 3. The standard InChI is InChI=1S/C17H17BrN2O5/c1-11(16(22)20-13-6-4-12(18)5-7-13)25-15(21)8-9-19-17(23)14-3-2-10-24-14/h2-7,10-11H,8-9H2,1H3,(H,19,23)(H,20,22)/t11-/m1/s1. The van der Waals surface area contributed by atoms with Crippen LogP contribution >= 0.6 is 15.9 Å². The van der Waals surface area contributed by atoms with Gasteiger partial charge in [0, 0.05) is 16.7 Å². The van der Waals surface area contributed by atoms with Crippen LogP contribution in [0.15, 0.2) is 51.6 Å². The lowest BCUT2D eigenvalue weighted by Gasteiger charge is -2.13. The van der Waals surface area contributed by atoms with E-state index in [2.05, 4.69) is 26.6 Å². The minimum absolute atomic E-state index is 0.0532. The van der Waals surface area contributed by atoms with Gasteiger partial charge in [-0.2, -0.15) is 0 Å². The van der Waals surface area contributed by atoms with Crippen LogP contribution in [0.25, 0.3) is 0 Å². The molecule has 2 N–H and O–H groups in total. The average Bonchev–Trinajstić information content (AvgIpc) is 3.11. The maximum atomic E-state index is 12.0. The molecule has 0 fully saturated rings. The number of amides is 2. The van der Waals surface area contributed by atoms with Gasteiger partial charge in [0.15, 0.2) is 11.9 Å². The zero-order valence-corrected chi connectivity index (χ0v) is 15.0. The fourth-order valence-electron chi connectivity index (χ4n) is 1.86. The maximum Gasteiger partial charge on any atom is 0.308 e. The predicted molar refractivity (Wildman–Crippen MR) is 94.0 cm³/mol. The Kier molecular flexibility index (Phi) is 6.76. The first-order valence-corrected chi connectivity index (χ1v) is 8.32. The van der Waals surface area contributed by atoms with E-state index in [1.165, 1.54) is 19.3 Å². The van der Waals surface area contributed by atoms with Crippen LogP contribution in [-0.2, 0) is 14.3 Å². The summed E-state index contributed by atoms with van der Waals surface area (Å²) in [5, 5.41) is 5.17. The second-order valence-electron chi connectivity index (χ2n) is 5.11. The first-order valence-electron chi connectivity index (χ1n) is 7.53. The van der Waals surface area contributed by atoms with Gasteiger partial charge in [-0.3, -0.25) is 14.4 Å². The molecule has 0 bridgehead atoms. The van der Waals surface area contributed by atoms with Crippen molar-refractivity contribution >= 4 is 39.4 Å². The number of hydrogen-bond acceptors (Lipinski definition) is 5. The van der Waals surface area contributed by atoms with Crippen molar-refractivity contribution in [2.24, 2.45) is 0 Å². The average molecular weight is 409 g/mol. The van der Waals surface area contributed by atoms with Crippen molar-refractivity contribution in [3.05, 3.63) is 52.9 Å². The van der Waals surface area contributed by atoms with E-state index in [1.807, 2.05) is 0 Å². The van der Waals surface area contributed by atoms with Crippen molar-refractivity contribution in [2.75, 3.05) is 11.9 Å². The van der Waals surface area contributed by atoms with Gasteiger partial charge in [0.05, 0.1) is 12.7 Å². The van der Waals surface area contributed by atoms with Gasteiger partial charge in [0.2, 0.25) is 0 Å². The number of benzene rings is 1. The third kappa shape index (κ3) is 6.07. The van der Waals surface area contributed by atoms with Gasteiger partial charge < -0.3 is 19.8 Å². The van der Waals surface area contributed by atoms with Gasteiger partial charge in [-0.05, 0) is 43.3 Å². The Morgan fingerprint density at radius 1 is 1.20 bits per heavy atom. The largest absolute Gasteiger partial charge is 0.459 e. The minimum atomic E-state index is -0.947. The van der Waals surface area contributed by atoms with Crippen molar-refractivity contribution in [2.45, 2.75) is 19.4 Å². The highest BCUT2D eigenvalue weighted by Crippen LogP contribution is 2.14. The fraction of sp³-hybridized carbons (Fsp3) is 0.235. The van der Waals surface area contributed by atoms with E-state index < -0.39 is 23.9 Å². The summed E-state index contributed by atoms with van der Waals surface area (Å²) in [7, 11) is 0. The Morgan fingerprint density at radius 2 is 1.92 bits per heavy atom. The van der Waals surface area contributed by atoms with Crippen molar-refractivity contribution in [3.8, 4) is 0 Å². The molecule has 0 aliphatic heterocycles. The highest BCUT2D eigenvalue weighted by atomic mass is 79.9. The SMILES string of the molecule is C[C@@H](OC(=O)CCNC(=O)c1ccco1)C(=O)Nc1ccc(Br)cc1. The Morgan fingerprint density at radius 3 is 2.56 bits per heavy atom. The first-order chi connectivity index (χ1) is 12.0. The van der Waals surface area contributed by atoms with Gasteiger partial charge in [-0.25, -0.2) is 0 Å². The van der Waals surface area contributed by atoms with Crippen LogP contribution < -0.4 is 10.6 Å². The number of rotatable bonds is 7. The van der Waals surface area contributed by atoms with Crippen LogP contribution in [0.3, 0.4) is 0 Å². The molecule has 0 unspecified atom stereocenters. The Hall–Kier alpha value is -2.61. The molecule has 2 aromatic rings. The van der Waals surface area contributed by atoms with Gasteiger partial charge in [0.1, 0.15) is 0 Å². The molecule has 0 aliphatic rings. The second kappa shape index (κ2) is 9.03. The molecule has 0 saturated carbocycles. The zero-order chi connectivity index (χ0) is 18.2. The van der Waals surface area contributed by atoms with Gasteiger partial charge in [-0.1, -0.05) is 15.9 Å². The van der Waals surface area contributed by atoms with Crippen molar-refractivity contribution in [1.82, 2.24) is 5.32 Å². The summed E-state index contributed by atoms with van der Waals surface area (Å²) in [5.74, 6) is -1.28. The topological polar surface area (TPSA) is 97.6 Å². The monoisotopic (exact) mass is 408 g/mol. The molecule has 0 aliphatic carbocycles. The molecule has 25 heavy (non-hydrogen) atoms. The smallest absolute Gasteiger partial charge is 0.308 e. The van der Waals surface area contributed by atoms with Crippen molar-refractivity contribution < 1.29 is 23.5 Å². The van der Waals surface area contributed by atoms with E-state index in [0.29, 0.717) is 5.69 Å². The van der Waals surface area contributed by atoms with Crippen LogP contribution in [-0.4, -0.2) is 30.4 Å². The molecule has 1 heterocycles. The van der Waals surface area contributed by atoms with E-state index >= 15 is 0 Å². The number of carbonyl (C=O) groups is 3. The lowest BCUT2D eigenvalue weighted by atomic mass is 10.3. The fourth-order valence-corrected chi connectivity index (χ4v) is 2.12. The summed E-state index contributed by atoms with van der Waals surface area (Å²) < 4.78 is 10.9. The Balaban J connectivity index is 1.71. The van der Waals surface area contributed by atoms with Crippen LogP contribution in [0.2, 0.25) is 0 Å². The summed E-state index contributed by atoms with van der Waals surface area (Å²) in [4.78, 5) is 35.3. The number of esters is 1.